The lowest BCUT2D eigenvalue weighted by molar-refractivity contribution is 0.103. The lowest BCUT2D eigenvalue weighted by Crippen LogP contribution is -2.23. The Hall–Kier alpha value is -0.650. The molecule has 17 heavy (non-hydrogen) atoms. The molecule has 6 heteroatoms. The van der Waals surface area contributed by atoms with E-state index in [1.807, 2.05) is 0 Å². The molecule has 0 spiro atoms. The minimum Gasteiger partial charge on any atom is -0.370 e. The number of halogens is 1. The maximum atomic E-state index is 5.52. The van der Waals surface area contributed by atoms with Gasteiger partial charge >= 0.3 is 0 Å². The van der Waals surface area contributed by atoms with E-state index < -0.39 is 0 Å². The molecule has 2 fully saturated rings. The fourth-order valence-corrected chi connectivity index (χ4v) is 2.40. The maximum Gasteiger partial charge on any atom is 0.228 e. The summed E-state index contributed by atoms with van der Waals surface area (Å²) in [5.41, 5.74) is 0. The molecule has 0 radical (unpaired) electrons. The van der Waals surface area contributed by atoms with Crippen molar-refractivity contribution in [2.24, 2.45) is 0 Å². The Bertz CT molecular complexity index is 346. The summed E-state index contributed by atoms with van der Waals surface area (Å²) >= 11 is 0. The molecule has 2 atom stereocenters. The number of nitrogens with zero attached hydrogens (tertiary/aromatic N) is 2. The van der Waals surface area contributed by atoms with E-state index in [1.54, 1.807) is 0 Å². The first-order valence-corrected chi connectivity index (χ1v) is 6.09. The summed E-state index contributed by atoms with van der Waals surface area (Å²) in [6.45, 7) is 1.93. The third-order valence-corrected chi connectivity index (χ3v) is 3.28. The summed E-state index contributed by atoms with van der Waals surface area (Å²) in [7, 11) is 0. The third-order valence-electron chi connectivity index (χ3n) is 3.28. The molecule has 5 nitrogen and oxygen atoms in total. The second-order valence-corrected chi connectivity index (χ2v) is 4.55. The number of nitrogens with one attached hydrogen (secondary N) is 1. The average molecular weight is 260 g/mol. The van der Waals surface area contributed by atoms with Crippen LogP contribution in [0.5, 0.6) is 0 Å². The van der Waals surface area contributed by atoms with Crippen LogP contribution in [0.2, 0.25) is 0 Å². The topological polar surface area (TPSA) is 60.2 Å². The molecule has 96 valence electrons. The molecule has 2 aliphatic heterocycles. The number of rotatable bonds is 3. The Labute approximate surface area is 107 Å². The van der Waals surface area contributed by atoms with Crippen LogP contribution in [0.1, 0.15) is 43.5 Å². The lowest BCUT2D eigenvalue weighted by atomic mass is 10.1. The van der Waals surface area contributed by atoms with Gasteiger partial charge < -0.3 is 14.6 Å². The van der Waals surface area contributed by atoms with Gasteiger partial charge in [-0.25, -0.2) is 0 Å². The fourth-order valence-electron chi connectivity index (χ4n) is 2.40. The first-order valence-electron chi connectivity index (χ1n) is 6.09. The molecule has 2 unspecified atom stereocenters. The van der Waals surface area contributed by atoms with Gasteiger partial charge in [0.25, 0.3) is 0 Å². The third kappa shape index (κ3) is 2.97. The normalized spacial score (nSPS) is 28.2. The van der Waals surface area contributed by atoms with Crippen LogP contribution in [0.15, 0.2) is 4.52 Å². The van der Waals surface area contributed by atoms with Crippen LogP contribution in [0.25, 0.3) is 0 Å². The summed E-state index contributed by atoms with van der Waals surface area (Å²) in [6.07, 6.45) is 5.47. The van der Waals surface area contributed by atoms with Crippen molar-refractivity contribution in [2.75, 3.05) is 13.2 Å². The highest BCUT2D eigenvalue weighted by Gasteiger charge is 2.24. The monoisotopic (exact) mass is 259 g/mol. The van der Waals surface area contributed by atoms with E-state index in [0.717, 1.165) is 44.1 Å². The molecular weight excluding hydrogens is 242 g/mol. The van der Waals surface area contributed by atoms with Gasteiger partial charge in [0.15, 0.2) is 0 Å². The number of hydrogen-bond donors (Lipinski definition) is 1. The van der Waals surface area contributed by atoms with Crippen molar-refractivity contribution in [3.05, 3.63) is 11.7 Å². The van der Waals surface area contributed by atoms with E-state index in [1.165, 1.54) is 12.8 Å². The highest BCUT2D eigenvalue weighted by atomic mass is 35.5. The Morgan fingerprint density at radius 1 is 1.29 bits per heavy atom. The summed E-state index contributed by atoms with van der Waals surface area (Å²) in [6, 6.07) is 0.512. The number of ether oxygens (including phenoxy) is 1. The van der Waals surface area contributed by atoms with E-state index in [0.29, 0.717) is 6.04 Å². The van der Waals surface area contributed by atoms with Gasteiger partial charge in [0.05, 0.1) is 0 Å². The Kier molecular flexibility index (Phi) is 4.36. The number of aromatic nitrogens is 2. The standard InChI is InChI=1S/C11H17N3O2.ClH/c1-3-8(12-5-1)7-10-13-11(14-16-10)9-4-2-6-15-9;/h8-9,12H,1-7H2;1H. The van der Waals surface area contributed by atoms with Gasteiger partial charge in [-0.1, -0.05) is 5.16 Å². The first-order chi connectivity index (χ1) is 7.92. The maximum absolute atomic E-state index is 5.52. The molecule has 3 rings (SSSR count). The summed E-state index contributed by atoms with van der Waals surface area (Å²) in [5, 5.41) is 7.43. The molecule has 3 heterocycles. The van der Waals surface area contributed by atoms with Crippen molar-refractivity contribution in [3.8, 4) is 0 Å². The van der Waals surface area contributed by atoms with Crippen molar-refractivity contribution in [1.29, 1.82) is 0 Å². The van der Waals surface area contributed by atoms with Crippen LogP contribution in [0, 0.1) is 0 Å². The smallest absolute Gasteiger partial charge is 0.228 e. The van der Waals surface area contributed by atoms with E-state index in [9.17, 15) is 0 Å². The molecule has 0 amide bonds. The SMILES string of the molecule is C1CNC(Cc2nc(C3CCCO3)no2)C1.Cl. The van der Waals surface area contributed by atoms with Gasteiger partial charge in [0.2, 0.25) is 11.7 Å². The summed E-state index contributed by atoms with van der Waals surface area (Å²) < 4.78 is 10.8. The minimum atomic E-state index is 0. The van der Waals surface area contributed by atoms with E-state index in [2.05, 4.69) is 15.5 Å². The van der Waals surface area contributed by atoms with Crippen molar-refractivity contribution in [1.82, 2.24) is 15.5 Å². The average Bonchev–Trinajstić information content (AvgIpc) is 2.99. The van der Waals surface area contributed by atoms with Crippen LogP contribution in [-0.2, 0) is 11.2 Å². The van der Waals surface area contributed by atoms with E-state index in [4.69, 9.17) is 9.26 Å². The largest absolute Gasteiger partial charge is 0.370 e. The van der Waals surface area contributed by atoms with Crippen LogP contribution in [-0.4, -0.2) is 29.3 Å². The Morgan fingerprint density at radius 3 is 2.94 bits per heavy atom. The second kappa shape index (κ2) is 5.80. The van der Waals surface area contributed by atoms with Gasteiger partial charge in [-0.05, 0) is 32.2 Å². The minimum absolute atomic E-state index is 0. The van der Waals surface area contributed by atoms with Crippen LogP contribution in [0.4, 0.5) is 0 Å². The predicted octanol–water partition coefficient (Wildman–Crippen LogP) is 1.64. The molecule has 2 saturated heterocycles. The summed E-state index contributed by atoms with van der Waals surface area (Å²) in [5.74, 6) is 1.47. The molecule has 1 aromatic heterocycles. The molecule has 1 N–H and O–H groups in total. The van der Waals surface area contributed by atoms with Crippen molar-refractivity contribution < 1.29 is 9.26 Å². The molecular formula is C11H18ClN3O2. The fraction of sp³-hybridized carbons (Fsp3) is 0.818. The first kappa shape index (κ1) is 12.8. The van der Waals surface area contributed by atoms with Gasteiger partial charge in [0.1, 0.15) is 6.10 Å². The van der Waals surface area contributed by atoms with Crippen molar-refractivity contribution in [3.63, 3.8) is 0 Å². The Balaban J connectivity index is 0.00000108. The zero-order chi connectivity index (χ0) is 10.8. The molecule has 0 aromatic carbocycles. The van der Waals surface area contributed by atoms with Gasteiger partial charge in [-0.2, -0.15) is 4.98 Å². The Morgan fingerprint density at radius 2 is 2.24 bits per heavy atom. The highest BCUT2D eigenvalue weighted by molar-refractivity contribution is 5.85. The van der Waals surface area contributed by atoms with Crippen molar-refractivity contribution >= 4 is 12.4 Å². The van der Waals surface area contributed by atoms with Crippen LogP contribution < -0.4 is 5.32 Å². The van der Waals surface area contributed by atoms with E-state index in [-0.39, 0.29) is 18.5 Å². The number of hydrogen-bond acceptors (Lipinski definition) is 5. The van der Waals surface area contributed by atoms with Gasteiger partial charge in [-0.3, -0.25) is 0 Å². The van der Waals surface area contributed by atoms with Gasteiger partial charge in [-0.15, -0.1) is 12.4 Å². The zero-order valence-corrected chi connectivity index (χ0v) is 10.5. The quantitative estimate of drug-likeness (QED) is 0.894. The van der Waals surface area contributed by atoms with E-state index >= 15 is 0 Å². The molecule has 0 saturated carbocycles. The highest BCUT2D eigenvalue weighted by Crippen LogP contribution is 2.26. The lowest BCUT2D eigenvalue weighted by Gasteiger charge is -2.05. The molecule has 2 aliphatic rings. The van der Waals surface area contributed by atoms with Gasteiger partial charge in [0, 0.05) is 19.1 Å². The van der Waals surface area contributed by atoms with Crippen molar-refractivity contribution in [2.45, 2.75) is 44.2 Å². The zero-order valence-electron chi connectivity index (χ0n) is 9.72. The predicted molar refractivity (Wildman–Crippen MR) is 64.2 cm³/mol. The second-order valence-electron chi connectivity index (χ2n) is 4.55. The molecule has 1 aromatic rings. The van der Waals surface area contributed by atoms with Crippen LogP contribution in [0.3, 0.4) is 0 Å². The molecule has 0 aliphatic carbocycles. The van der Waals surface area contributed by atoms with Crippen LogP contribution >= 0.6 is 12.4 Å². The molecule has 0 bridgehead atoms. The summed E-state index contributed by atoms with van der Waals surface area (Å²) in [4.78, 5) is 4.41.